The number of hydrogen-bond donors (Lipinski definition) is 0. The Hall–Kier alpha value is -0.660. The quantitative estimate of drug-likeness (QED) is 0.409. The summed E-state index contributed by atoms with van der Waals surface area (Å²) in [5.41, 5.74) is 0. The Bertz CT molecular complexity index is 71.5. The van der Waals surface area contributed by atoms with Crippen molar-refractivity contribution in [1.82, 2.24) is 0 Å². The second-order valence-corrected chi connectivity index (χ2v) is 0.885. The van der Waals surface area contributed by atoms with Gasteiger partial charge in [-0.15, -0.1) is 0 Å². The highest BCUT2D eigenvalue weighted by Gasteiger charge is 1.95. The van der Waals surface area contributed by atoms with Crippen LogP contribution in [0.25, 0.3) is 0 Å². The van der Waals surface area contributed by atoms with E-state index in [4.69, 9.17) is 6.92 Å². The molecule has 0 aliphatic carbocycles. The fourth-order valence-corrected chi connectivity index (χ4v) is 0. The fraction of sp³-hybridized carbons (Fsp3) is 0.250. The van der Waals surface area contributed by atoms with Crippen molar-refractivity contribution >= 4 is 11.6 Å². The van der Waals surface area contributed by atoms with Gasteiger partial charge in [0.15, 0.2) is 5.78 Å². The Morgan fingerprint density at radius 3 is 1.67 bits per heavy atom. The number of hydrogen-bond acceptors (Lipinski definition) is 2. The van der Waals surface area contributed by atoms with Crippen LogP contribution in [0, 0.1) is 6.92 Å². The highest BCUT2D eigenvalue weighted by Crippen LogP contribution is 1.65. The smallest absolute Gasteiger partial charge is 0.207 e. The molecule has 0 aromatic heterocycles. The van der Waals surface area contributed by atoms with Crippen molar-refractivity contribution in [2.24, 2.45) is 0 Å². The van der Waals surface area contributed by atoms with Crippen LogP contribution in [0.2, 0.25) is 0 Å². The monoisotopic (exact) mass is 83.0 g/mol. The van der Waals surface area contributed by atoms with Gasteiger partial charge in [0.1, 0.15) is 0 Å². The molecule has 31 valence electrons. The minimum Gasteiger partial charge on any atom is -0.291 e. The first-order valence-electron chi connectivity index (χ1n) is 1.41. The van der Waals surface area contributed by atoms with Gasteiger partial charge in [-0.3, -0.25) is 9.59 Å². The summed E-state index contributed by atoms with van der Waals surface area (Å²) in [4.78, 5) is 19.1. The molecule has 0 atom stereocenters. The Balaban J connectivity index is 3.57. The zero-order chi connectivity index (χ0) is 5.15. The van der Waals surface area contributed by atoms with E-state index >= 15 is 0 Å². The Morgan fingerprint density at radius 2 is 1.67 bits per heavy atom. The molecule has 0 amide bonds. The molecule has 0 aliphatic heterocycles. The molecule has 0 unspecified atom stereocenters. The van der Waals surface area contributed by atoms with Gasteiger partial charge in [0, 0.05) is 6.92 Å². The van der Waals surface area contributed by atoms with Crippen LogP contribution in [0.3, 0.4) is 0 Å². The lowest BCUT2D eigenvalue weighted by atomic mass is 10.3. The lowest BCUT2D eigenvalue weighted by Crippen LogP contribution is -2.02. The van der Waals surface area contributed by atoms with Gasteiger partial charge in [-0.05, 0) is 0 Å². The van der Waals surface area contributed by atoms with Crippen LogP contribution < -0.4 is 0 Å². The molecule has 3 radical (unpaired) electrons. The van der Waals surface area contributed by atoms with E-state index in [1.54, 1.807) is 0 Å². The van der Waals surface area contributed by atoms with Gasteiger partial charge in [0.05, 0.1) is 6.92 Å². The molecule has 0 spiro atoms. The van der Waals surface area contributed by atoms with E-state index in [-0.39, 0.29) is 0 Å². The molecule has 0 rings (SSSR count). The fourth-order valence-electron chi connectivity index (χ4n) is 0. The van der Waals surface area contributed by atoms with Crippen LogP contribution in [-0.2, 0) is 9.59 Å². The molecule has 2 heteroatoms. The van der Waals surface area contributed by atoms with E-state index < -0.39 is 11.6 Å². The van der Waals surface area contributed by atoms with E-state index in [2.05, 4.69) is 0 Å². The van der Waals surface area contributed by atoms with Crippen molar-refractivity contribution in [3.8, 4) is 0 Å². The van der Waals surface area contributed by atoms with Crippen molar-refractivity contribution in [2.75, 3.05) is 0 Å². The summed E-state index contributed by atoms with van der Waals surface area (Å²) in [6.45, 7) is 7.11. The summed E-state index contributed by atoms with van der Waals surface area (Å²) in [5, 5.41) is 0. The minimum atomic E-state index is -1.13. The SMILES string of the molecule is [C]C(=O)C(C)=O. The van der Waals surface area contributed by atoms with Crippen LogP contribution in [0.15, 0.2) is 0 Å². The highest BCUT2D eigenvalue weighted by atomic mass is 16.2. The largest absolute Gasteiger partial charge is 0.291 e. The number of carbonyl (C=O) groups is 2. The Labute approximate surface area is 36.2 Å². The Kier molecular flexibility index (Phi) is 1.51. The summed E-state index contributed by atoms with van der Waals surface area (Å²) in [7, 11) is 0. The molecule has 0 heterocycles. The highest BCUT2D eigenvalue weighted by molar-refractivity contribution is 6.38. The predicted octanol–water partition coefficient (Wildman–Crippen LogP) is -0.267. The lowest BCUT2D eigenvalue weighted by Gasteiger charge is -1.72. The molecular weight excluding hydrogens is 80.0 g/mol. The van der Waals surface area contributed by atoms with Gasteiger partial charge in [0.2, 0.25) is 5.78 Å². The minimum absolute atomic E-state index is 0.713. The van der Waals surface area contributed by atoms with Gasteiger partial charge in [0.25, 0.3) is 0 Å². The van der Waals surface area contributed by atoms with Gasteiger partial charge < -0.3 is 0 Å². The van der Waals surface area contributed by atoms with Gasteiger partial charge in [-0.1, -0.05) is 0 Å². The number of Topliss-reactive ketones (excluding diaryl/α,β-unsaturated/α-hetero) is 2. The number of carbonyl (C=O) groups excluding carboxylic acids is 2. The van der Waals surface area contributed by atoms with Crippen LogP contribution in [-0.4, -0.2) is 11.6 Å². The molecule has 0 saturated heterocycles. The van der Waals surface area contributed by atoms with Gasteiger partial charge in [-0.2, -0.15) is 0 Å². The van der Waals surface area contributed by atoms with Crippen molar-refractivity contribution in [2.45, 2.75) is 6.92 Å². The molecule has 0 aliphatic rings. The van der Waals surface area contributed by atoms with Crippen LogP contribution in [0.5, 0.6) is 0 Å². The second kappa shape index (κ2) is 1.70. The average molecular weight is 83.1 g/mol. The molecule has 2 nitrogen and oxygen atoms in total. The van der Waals surface area contributed by atoms with Crippen LogP contribution in [0.4, 0.5) is 0 Å². The standard InChI is InChI=1S/C4H3O2/c1-3(5)4(2)6/h1H3. The van der Waals surface area contributed by atoms with Gasteiger partial charge >= 0.3 is 0 Å². The summed E-state index contributed by atoms with van der Waals surface area (Å²) in [6.07, 6.45) is 0. The maximum atomic E-state index is 9.61. The zero-order valence-corrected chi connectivity index (χ0v) is 3.32. The summed E-state index contributed by atoms with van der Waals surface area (Å²) < 4.78 is 0. The molecule has 0 saturated carbocycles. The Morgan fingerprint density at radius 1 is 1.50 bits per heavy atom. The number of ketones is 2. The third kappa shape index (κ3) is 1.64. The molecule has 0 bridgehead atoms. The third-order valence-corrected chi connectivity index (χ3v) is 0.320. The summed E-state index contributed by atoms with van der Waals surface area (Å²) in [6, 6.07) is 0. The lowest BCUT2D eigenvalue weighted by molar-refractivity contribution is -0.132. The molecule has 0 N–H and O–H groups in total. The van der Waals surface area contributed by atoms with E-state index in [9.17, 15) is 9.59 Å². The van der Waals surface area contributed by atoms with Crippen molar-refractivity contribution < 1.29 is 9.59 Å². The van der Waals surface area contributed by atoms with Gasteiger partial charge in [-0.25, -0.2) is 0 Å². The molecular formula is C4H3O2. The van der Waals surface area contributed by atoms with E-state index in [1.807, 2.05) is 0 Å². The maximum absolute atomic E-state index is 9.61. The summed E-state index contributed by atoms with van der Waals surface area (Å²) >= 11 is 0. The maximum Gasteiger partial charge on any atom is 0.207 e. The van der Waals surface area contributed by atoms with Crippen molar-refractivity contribution in [3.63, 3.8) is 0 Å². The third-order valence-electron chi connectivity index (χ3n) is 0.320. The van der Waals surface area contributed by atoms with Crippen LogP contribution >= 0.6 is 0 Å². The van der Waals surface area contributed by atoms with Crippen molar-refractivity contribution in [3.05, 3.63) is 6.92 Å². The second-order valence-electron chi connectivity index (χ2n) is 0.885. The zero-order valence-electron chi connectivity index (χ0n) is 3.32. The first-order valence-corrected chi connectivity index (χ1v) is 1.41. The normalized spacial score (nSPS) is 7.67. The average Bonchev–Trinajstić information content (AvgIpc) is 1.36. The molecule has 0 aromatic carbocycles. The van der Waals surface area contributed by atoms with E-state index in [0.717, 1.165) is 6.92 Å². The number of rotatable bonds is 1. The van der Waals surface area contributed by atoms with Crippen LogP contribution in [0.1, 0.15) is 6.92 Å². The summed E-state index contributed by atoms with van der Waals surface area (Å²) in [5.74, 6) is -1.84. The van der Waals surface area contributed by atoms with E-state index in [0.29, 0.717) is 0 Å². The predicted molar refractivity (Wildman–Crippen MR) is 18.9 cm³/mol. The topological polar surface area (TPSA) is 34.1 Å². The van der Waals surface area contributed by atoms with E-state index in [1.165, 1.54) is 0 Å². The van der Waals surface area contributed by atoms with Crippen molar-refractivity contribution in [1.29, 1.82) is 0 Å². The molecule has 0 aromatic rings. The first-order chi connectivity index (χ1) is 2.64. The molecule has 6 heavy (non-hydrogen) atoms. The first kappa shape index (κ1) is 5.34. The molecule has 0 fully saturated rings.